The first-order valence-corrected chi connectivity index (χ1v) is 8.15. The van der Waals surface area contributed by atoms with E-state index in [2.05, 4.69) is 49.2 Å². The Morgan fingerprint density at radius 2 is 2.14 bits per heavy atom. The number of likely N-dealkylation sites (tertiary alicyclic amines) is 1. The van der Waals surface area contributed by atoms with Gasteiger partial charge in [-0.2, -0.15) is 0 Å². The lowest BCUT2D eigenvalue weighted by molar-refractivity contribution is 0.152. The number of ether oxygens (including phenoxy) is 1. The van der Waals surface area contributed by atoms with Crippen LogP contribution in [0.15, 0.2) is 18.2 Å². The molecule has 1 N–H and O–H groups in total. The van der Waals surface area contributed by atoms with Crippen molar-refractivity contribution in [3.05, 3.63) is 34.9 Å². The Hall–Kier alpha value is -0.900. The first kappa shape index (κ1) is 16.5. The largest absolute Gasteiger partial charge is 0.384 e. The van der Waals surface area contributed by atoms with Crippen molar-refractivity contribution in [1.82, 2.24) is 10.2 Å². The minimum absolute atomic E-state index is 0.426. The summed E-state index contributed by atoms with van der Waals surface area (Å²) in [6.45, 7) is 11.9. The summed E-state index contributed by atoms with van der Waals surface area (Å²) in [6, 6.07) is 7.28. The quantitative estimate of drug-likeness (QED) is 0.835. The average Bonchev–Trinajstić information content (AvgIpc) is 2.89. The van der Waals surface area contributed by atoms with Gasteiger partial charge in [-0.1, -0.05) is 25.1 Å². The molecule has 0 saturated carbocycles. The predicted octanol–water partition coefficient (Wildman–Crippen LogP) is 2.92. The Labute approximate surface area is 129 Å². The van der Waals surface area contributed by atoms with Crippen LogP contribution in [0.4, 0.5) is 0 Å². The molecule has 1 heterocycles. The summed E-state index contributed by atoms with van der Waals surface area (Å²) >= 11 is 0. The van der Waals surface area contributed by atoms with E-state index in [0.29, 0.717) is 12.0 Å². The average molecular weight is 290 g/mol. The standard InChI is InChI=1S/C18H30N2O/c1-5-19-18(17-7-6-14(2)15(3)10-17)12-20-9-8-16(11-20)13-21-4/h6-7,10,16,18-19H,5,8-9,11-13H2,1-4H3. The van der Waals surface area contributed by atoms with Gasteiger partial charge in [-0.05, 0) is 56.0 Å². The van der Waals surface area contributed by atoms with Crippen molar-refractivity contribution >= 4 is 0 Å². The first-order chi connectivity index (χ1) is 10.1. The highest BCUT2D eigenvalue weighted by atomic mass is 16.5. The topological polar surface area (TPSA) is 24.5 Å². The molecule has 0 aromatic heterocycles. The minimum Gasteiger partial charge on any atom is -0.384 e. The van der Waals surface area contributed by atoms with E-state index >= 15 is 0 Å². The highest BCUT2D eigenvalue weighted by molar-refractivity contribution is 5.32. The number of aryl methyl sites for hydroxylation is 2. The third-order valence-corrected chi connectivity index (χ3v) is 4.60. The SMILES string of the molecule is CCNC(CN1CCC(COC)C1)c1ccc(C)c(C)c1. The van der Waals surface area contributed by atoms with Crippen LogP contribution < -0.4 is 5.32 Å². The van der Waals surface area contributed by atoms with Gasteiger partial charge in [-0.3, -0.25) is 0 Å². The van der Waals surface area contributed by atoms with Crippen LogP contribution in [-0.4, -0.2) is 44.8 Å². The summed E-state index contributed by atoms with van der Waals surface area (Å²) in [4.78, 5) is 2.58. The van der Waals surface area contributed by atoms with Gasteiger partial charge in [-0.25, -0.2) is 0 Å². The van der Waals surface area contributed by atoms with Crippen LogP contribution in [0.25, 0.3) is 0 Å². The van der Waals surface area contributed by atoms with E-state index in [1.54, 1.807) is 7.11 Å². The number of nitrogens with zero attached hydrogens (tertiary/aromatic N) is 1. The van der Waals surface area contributed by atoms with Gasteiger partial charge < -0.3 is 15.0 Å². The summed E-state index contributed by atoms with van der Waals surface area (Å²) in [6.07, 6.45) is 1.26. The third kappa shape index (κ3) is 4.53. The second-order valence-electron chi connectivity index (χ2n) is 6.32. The molecule has 1 aliphatic rings. The lowest BCUT2D eigenvalue weighted by Gasteiger charge is -2.25. The zero-order valence-electron chi connectivity index (χ0n) is 14.0. The number of rotatable bonds is 7. The van der Waals surface area contributed by atoms with Crippen molar-refractivity contribution in [1.29, 1.82) is 0 Å². The molecule has 0 amide bonds. The van der Waals surface area contributed by atoms with Gasteiger partial charge in [-0.15, -0.1) is 0 Å². The molecule has 1 fully saturated rings. The number of hydrogen-bond acceptors (Lipinski definition) is 3. The minimum atomic E-state index is 0.426. The van der Waals surface area contributed by atoms with Crippen LogP contribution in [0.1, 0.15) is 36.1 Å². The fraction of sp³-hybridized carbons (Fsp3) is 0.667. The fourth-order valence-electron chi connectivity index (χ4n) is 3.22. The zero-order chi connectivity index (χ0) is 15.2. The number of methoxy groups -OCH3 is 1. The second-order valence-corrected chi connectivity index (χ2v) is 6.32. The van der Waals surface area contributed by atoms with Gasteiger partial charge in [0, 0.05) is 26.2 Å². The van der Waals surface area contributed by atoms with Gasteiger partial charge >= 0.3 is 0 Å². The molecule has 1 aliphatic heterocycles. The fourth-order valence-corrected chi connectivity index (χ4v) is 3.22. The number of hydrogen-bond donors (Lipinski definition) is 1. The van der Waals surface area contributed by atoms with Crippen molar-refractivity contribution in [2.45, 2.75) is 33.2 Å². The van der Waals surface area contributed by atoms with Crippen LogP contribution in [0.5, 0.6) is 0 Å². The highest BCUT2D eigenvalue weighted by Crippen LogP contribution is 2.22. The van der Waals surface area contributed by atoms with Crippen LogP contribution in [-0.2, 0) is 4.74 Å². The summed E-state index contributed by atoms with van der Waals surface area (Å²) in [5.41, 5.74) is 4.17. The molecule has 1 saturated heterocycles. The van der Waals surface area contributed by atoms with Gasteiger partial charge in [0.15, 0.2) is 0 Å². The molecule has 3 nitrogen and oxygen atoms in total. The summed E-state index contributed by atoms with van der Waals surface area (Å²) in [7, 11) is 1.80. The van der Waals surface area contributed by atoms with E-state index in [1.807, 2.05) is 0 Å². The van der Waals surface area contributed by atoms with E-state index in [1.165, 1.54) is 36.2 Å². The Kier molecular flexibility index (Phi) is 6.22. The molecule has 21 heavy (non-hydrogen) atoms. The van der Waals surface area contributed by atoms with Crippen LogP contribution in [0.2, 0.25) is 0 Å². The second kappa shape index (κ2) is 7.92. The lowest BCUT2D eigenvalue weighted by Crippen LogP contribution is -2.34. The summed E-state index contributed by atoms with van der Waals surface area (Å²) < 4.78 is 5.30. The smallest absolute Gasteiger partial charge is 0.0503 e. The van der Waals surface area contributed by atoms with E-state index in [9.17, 15) is 0 Å². The van der Waals surface area contributed by atoms with Crippen molar-refractivity contribution < 1.29 is 4.74 Å². The van der Waals surface area contributed by atoms with Crippen molar-refractivity contribution in [2.24, 2.45) is 5.92 Å². The predicted molar refractivity (Wildman–Crippen MR) is 88.8 cm³/mol. The van der Waals surface area contributed by atoms with Crippen LogP contribution in [0.3, 0.4) is 0 Å². The van der Waals surface area contributed by atoms with Crippen LogP contribution in [0, 0.1) is 19.8 Å². The molecule has 1 aromatic carbocycles. The molecular formula is C18H30N2O. The molecule has 2 unspecified atom stereocenters. The molecule has 0 radical (unpaired) electrons. The Balaban J connectivity index is 2.00. The molecular weight excluding hydrogens is 260 g/mol. The van der Waals surface area contributed by atoms with Gasteiger partial charge in [0.2, 0.25) is 0 Å². The zero-order valence-corrected chi connectivity index (χ0v) is 14.0. The highest BCUT2D eigenvalue weighted by Gasteiger charge is 2.25. The maximum absolute atomic E-state index is 5.30. The molecule has 0 bridgehead atoms. The number of benzene rings is 1. The van der Waals surface area contributed by atoms with Crippen molar-refractivity contribution in [3.8, 4) is 0 Å². The maximum atomic E-state index is 5.30. The maximum Gasteiger partial charge on any atom is 0.0503 e. The third-order valence-electron chi connectivity index (χ3n) is 4.60. The van der Waals surface area contributed by atoms with Crippen LogP contribution >= 0.6 is 0 Å². The Morgan fingerprint density at radius 1 is 1.33 bits per heavy atom. The Morgan fingerprint density at radius 3 is 2.81 bits per heavy atom. The summed E-state index contributed by atoms with van der Waals surface area (Å²) in [5.74, 6) is 0.706. The summed E-state index contributed by atoms with van der Waals surface area (Å²) in [5, 5.41) is 3.65. The van der Waals surface area contributed by atoms with Crippen molar-refractivity contribution in [3.63, 3.8) is 0 Å². The van der Waals surface area contributed by atoms with E-state index in [4.69, 9.17) is 4.74 Å². The van der Waals surface area contributed by atoms with Gasteiger partial charge in [0.05, 0.1) is 6.61 Å². The number of likely N-dealkylation sites (N-methyl/N-ethyl adjacent to an activating group) is 1. The monoisotopic (exact) mass is 290 g/mol. The van der Waals surface area contributed by atoms with E-state index < -0.39 is 0 Å². The Bertz CT molecular complexity index is 447. The van der Waals surface area contributed by atoms with Gasteiger partial charge in [0.1, 0.15) is 0 Å². The van der Waals surface area contributed by atoms with Gasteiger partial charge in [0.25, 0.3) is 0 Å². The normalized spacial score (nSPS) is 20.9. The molecule has 1 aromatic rings. The molecule has 2 rings (SSSR count). The first-order valence-electron chi connectivity index (χ1n) is 8.15. The molecule has 3 heteroatoms. The van der Waals surface area contributed by atoms with E-state index in [-0.39, 0.29) is 0 Å². The molecule has 118 valence electrons. The van der Waals surface area contributed by atoms with E-state index in [0.717, 1.165) is 19.7 Å². The molecule has 2 atom stereocenters. The molecule has 0 spiro atoms. The van der Waals surface area contributed by atoms with Crippen molar-refractivity contribution in [2.75, 3.05) is 39.9 Å². The number of nitrogens with one attached hydrogen (secondary N) is 1. The molecule has 0 aliphatic carbocycles. The lowest BCUT2D eigenvalue weighted by atomic mass is 10.0.